The van der Waals surface area contributed by atoms with Gasteiger partial charge < -0.3 is 19.7 Å². The van der Waals surface area contributed by atoms with Gasteiger partial charge in [0.05, 0.1) is 14.2 Å². The molecule has 1 amide bonds. The molecule has 1 atom stereocenters. The minimum absolute atomic E-state index is 0.112. The molecule has 1 saturated heterocycles. The van der Waals surface area contributed by atoms with Crippen molar-refractivity contribution in [3.05, 3.63) is 23.8 Å². The van der Waals surface area contributed by atoms with Crippen LogP contribution in [-0.2, 0) is 11.3 Å². The van der Waals surface area contributed by atoms with Crippen LogP contribution < -0.4 is 14.8 Å². The molecule has 1 N–H and O–H groups in total. The molecule has 1 unspecified atom stereocenters. The van der Waals surface area contributed by atoms with Crippen molar-refractivity contribution in [2.45, 2.75) is 53.0 Å². The van der Waals surface area contributed by atoms with Crippen LogP contribution in [0.1, 0.15) is 52.0 Å². The van der Waals surface area contributed by atoms with Crippen molar-refractivity contribution in [3.8, 4) is 11.5 Å². The fourth-order valence-corrected chi connectivity index (χ4v) is 3.82. The number of likely N-dealkylation sites (tertiary alicyclic amines) is 1. The Labute approximate surface area is 164 Å². The normalized spacial score (nSPS) is 18.2. The minimum atomic E-state index is 0.112. The van der Waals surface area contributed by atoms with Crippen molar-refractivity contribution >= 4 is 5.91 Å². The summed E-state index contributed by atoms with van der Waals surface area (Å²) in [5, 5.41) is 3.03. The van der Waals surface area contributed by atoms with E-state index in [0.29, 0.717) is 24.3 Å². The first-order valence-electron chi connectivity index (χ1n) is 10.0. The number of nitrogens with one attached hydrogen (secondary N) is 1. The molecule has 1 heterocycles. The van der Waals surface area contributed by atoms with Crippen LogP contribution in [0.25, 0.3) is 0 Å². The van der Waals surface area contributed by atoms with Gasteiger partial charge in [0, 0.05) is 37.7 Å². The molecule has 27 heavy (non-hydrogen) atoms. The molecule has 0 aliphatic carbocycles. The number of ether oxygens (including phenoxy) is 2. The smallest absolute Gasteiger partial charge is 0.220 e. The Balaban J connectivity index is 1.76. The molecule has 5 nitrogen and oxygen atoms in total. The number of methoxy groups -OCH3 is 2. The summed E-state index contributed by atoms with van der Waals surface area (Å²) >= 11 is 0. The van der Waals surface area contributed by atoms with Crippen LogP contribution in [0.5, 0.6) is 11.5 Å². The van der Waals surface area contributed by atoms with Crippen LogP contribution in [0.15, 0.2) is 18.2 Å². The van der Waals surface area contributed by atoms with Crippen molar-refractivity contribution < 1.29 is 14.3 Å². The number of carbonyl (C=O) groups is 1. The van der Waals surface area contributed by atoms with Crippen molar-refractivity contribution in [3.63, 3.8) is 0 Å². The third-order valence-electron chi connectivity index (χ3n) is 5.05. The second-order valence-corrected chi connectivity index (χ2v) is 8.80. The summed E-state index contributed by atoms with van der Waals surface area (Å²) in [6.45, 7) is 10.8. The summed E-state index contributed by atoms with van der Waals surface area (Å²) in [5.41, 5.74) is 1.29. The number of carbonyl (C=O) groups excluding carboxylic acids is 1. The second-order valence-electron chi connectivity index (χ2n) is 8.80. The van der Waals surface area contributed by atoms with Crippen LogP contribution in [0.2, 0.25) is 0 Å². The largest absolute Gasteiger partial charge is 0.497 e. The van der Waals surface area contributed by atoms with Crippen LogP contribution in [-0.4, -0.2) is 44.7 Å². The fourth-order valence-electron chi connectivity index (χ4n) is 3.82. The topological polar surface area (TPSA) is 50.8 Å². The highest BCUT2D eigenvalue weighted by Gasteiger charge is 2.24. The zero-order valence-electron chi connectivity index (χ0n) is 17.6. The summed E-state index contributed by atoms with van der Waals surface area (Å²) in [4.78, 5) is 14.9. The molecule has 0 spiro atoms. The second kappa shape index (κ2) is 9.98. The summed E-state index contributed by atoms with van der Waals surface area (Å²) in [6, 6.07) is 5.66. The van der Waals surface area contributed by atoms with Crippen molar-refractivity contribution in [2.24, 2.45) is 11.3 Å². The van der Waals surface area contributed by atoms with E-state index in [1.54, 1.807) is 14.2 Å². The number of nitrogens with zero attached hydrogens (tertiary/aromatic N) is 1. The molecule has 1 aliphatic heterocycles. The quantitative estimate of drug-likeness (QED) is 0.748. The Hall–Kier alpha value is -1.75. The first-order valence-corrected chi connectivity index (χ1v) is 10.0. The van der Waals surface area contributed by atoms with Gasteiger partial charge >= 0.3 is 0 Å². The van der Waals surface area contributed by atoms with Gasteiger partial charge in [0.15, 0.2) is 0 Å². The maximum absolute atomic E-state index is 12.3. The molecular formula is C22H36N2O3. The molecule has 0 saturated carbocycles. The molecular weight excluding hydrogens is 340 g/mol. The number of rotatable bonds is 8. The number of piperidine rings is 1. The summed E-state index contributed by atoms with van der Waals surface area (Å²) < 4.78 is 10.6. The number of hydrogen-bond acceptors (Lipinski definition) is 4. The monoisotopic (exact) mass is 376 g/mol. The van der Waals surface area contributed by atoms with E-state index in [1.807, 2.05) is 18.2 Å². The number of hydrogen-bond donors (Lipinski definition) is 1. The lowest BCUT2D eigenvalue weighted by molar-refractivity contribution is -0.121. The van der Waals surface area contributed by atoms with Crippen molar-refractivity contribution in [2.75, 3.05) is 33.9 Å². The molecule has 152 valence electrons. The van der Waals surface area contributed by atoms with Crippen LogP contribution in [0.3, 0.4) is 0 Å². The van der Waals surface area contributed by atoms with Gasteiger partial charge in [0.25, 0.3) is 0 Å². The number of amides is 1. The van der Waals surface area contributed by atoms with Crippen molar-refractivity contribution in [1.82, 2.24) is 10.2 Å². The number of benzene rings is 1. The fraction of sp³-hybridized carbons (Fsp3) is 0.682. The molecule has 1 aromatic rings. The van der Waals surface area contributed by atoms with Crippen LogP contribution in [0.4, 0.5) is 0 Å². The van der Waals surface area contributed by atoms with Gasteiger partial charge in [0.1, 0.15) is 11.5 Å². The Morgan fingerprint density at radius 2 is 2.04 bits per heavy atom. The molecule has 1 aliphatic rings. The summed E-state index contributed by atoms with van der Waals surface area (Å²) in [6.07, 6.45) is 4.03. The van der Waals surface area contributed by atoms with E-state index in [9.17, 15) is 4.79 Å². The van der Waals surface area contributed by atoms with Crippen LogP contribution in [0, 0.1) is 11.3 Å². The SMILES string of the molecule is COc1ccc(CNC(=O)CCC2CCCN(CC(C)(C)C)C2)c(OC)c1. The lowest BCUT2D eigenvalue weighted by atomic mass is 9.90. The Kier molecular flexibility index (Phi) is 7.96. The maximum atomic E-state index is 12.3. The van der Waals surface area contributed by atoms with Crippen LogP contribution >= 0.6 is 0 Å². The minimum Gasteiger partial charge on any atom is -0.497 e. The molecule has 1 fully saturated rings. The summed E-state index contributed by atoms with van der Waals surface area (Å²) in [7, 11) is 3.26. The lowest BCUT2D eigenvalue weighted by Gasteiger charge is -2.36. The molecule has 0 aromatic heterocycles. The maximum Gasteiger partial charge on any atom is 0.220 e. The molecule has 1 aromatic carbocycles. The Morgan fingerprint density at radius 1 is 1.26 bits per heavy atom. The third-order valence-corrected chi connectivity index (χ3v) is 5.05. The Bertz CT molecular complexity index is 610. The predicted molar refractivity (Wildman–Crippen MR) is 109 cm³/mol. The van der Waals surface area contributed by atoms with E-state index in [2.05, 4.69) is 31.0 Å². The van der Waals surface area contributed by atoms with E-state index in [0.717, 1.165) is 36.6 Å². The van der Waals surface area contributed by atoms with E-state index < -0.39 is 0 Å². The lowest BCUT2D eigenvalue weighted by Crippen LogP contribution is -2.40. The van der Waals surface area contributed by atoms with Gasteiger partial charge in [-0.15, -0.1) is 0 Å². The zero-order valence-corrected chi connectivity index (χ0v) is 17.6. The van der Waals surface area contributed by atoms with Gasteiger partial charge in [-0.05, 0) is 49.3 Å². The van der Waals surface area contributed by atoms with E-state index in [4.69, 9.17) is 9.47 Å². The highest BCUT2D eigenvalue weighted by atomic mass is 16.5. The van der Waals surface area contributed by atoms with E-state index in [-0.39, 0.29) is 5.91 Å². The van der Waals surface area contributed by atoms with Crippen molar-refractivity contribution in [1.29, 1.82) is 0 Å². The highest BCUT2D eigenvalue weighted by Crippen LogP contribution is 2.26. The van der Waals surface area contributed by atoms with E-state index in [1.165, 1.54) is 19.4 Å². The van der Waals surface area contributed by atoms with Gasteiger partial charge in [-0.2, -0.15) is 0 Å². The average molecular weight is 377 g/mol. The Morgan fingerprint density at radius 3 is 2.70 bits per heavy atom. The van der Waals surface area contributed by atoms with Gasteiger partial charge in [-0.3, -0.25) is 4.79 Å². The zero-order chi connectivity index (χ0) is 19.9. The molecule has 2 rings (SSSR count). The first-order chi connectivity index (χ1) is 12.8. The molecule has 0 radical (unpaired) electrons. The average Bonchev–Trinajstić information content (AvgIpc) is 2.63. The van der Waals surface area contributed by atoms with Gasteiger partial charge in [-0.1, -0.05) is 20.8 Å². The van der Waals surface area contributed by atoms with Gasteiger partial charge in [-0.25, -0.2) is 0 Å². The first kappa shape index (κ1) is 21.5. The predicted octanol–water partition coefficient (Wildman–Crippen LogP) is 3.86. The van der Waals surface area contributed by atoms with Gasteiger partial charge in [0.2, 0.25) is 5.91 Å². The highest BCUT2D eigenvalue weighted by molar-refractivity contribution is 5.75. The summed E-state index contributed by atoms with van der Waals surface area (Å²) in [5.74, 6) is 2.22. The molecule has 5 heteroatoms. The van der Waals surface area contributed by atoms with E-state index >= 15 is 0 Å². The third kappa shape index (κ3) is 7.41. The standard InChI is InChI=1S/C22H36N2O3/c1-22(2,3)16-24-12-6-7-17(15-24)8-11-21(25)23-14-18-9-10-19(26-4)13-20(18)27-5/h9-10,13,17H,6-8,11-12,14-16H2,1-5H3,(H,23,25). The molecule has 0 bridgehead atoms.